The molecule has 5 heteroatoms. The Kier molecular flexibility index (Phi) is 2.74. The number of nitrogens with one attached hydrogen (secondary N) is 1. The molecule has 4 rings (SSSR count). The summed E-state index contributed by atoms with van der Waals surface area (Å²) in [6, 6.07) is 7.70. The van der Waals surface area contributed by atoms with Crippen LogP contribution in [0.15, 0.2) is 30.5 Å². The third-order valence-electron chi connectivity index (χ3n) is 4.35. The fourth-order valence-electron chi connectivity index (χ4n) is 3.06. The third-order valence-corrected chi connectivity index (χ3v) is 4.35. The number of aromatic nitrogens is 1. The summed E-state index contributed by atoms with van der Waals surface area (Å²) in [5.41, 5.74) is 0.869. The zero-order valence-electron chi connectivity index (χ0n) is 11.7. The Hall–Kier alpha value is -2.30. The zero-order chi connectivity index (χ0) is 14.4. The molecule has 5 nitrogen and oxygen atoms in total. The van der Waals surface area contributed by atoms with Gasteiger partial charge in [0.25, 0.3) is 0 Å². The molecule has 2 heterocycles. The van der Waals surface area contributed by atoms with Gasteiger partial charge < -0.3 is 14.8 Å². The number of ether oxygens (including phenoxy) is 2. The molecule has 1 aromatic carbocycles. The minimum atomic E-state index is 0.135. The van der Waals surface area contributed by atoms with E-state index in [4.69, 9.17) is 9.47 Å². The van der Waals surface area contributed by atoms with Gasteiger partial charge in [0.1, 0.15) is 18.1 Å². The summed E-state index contributed by atoms with van der Waals surface area (Å²) in [4.78, 5) is 15.9. The molecule has 0 unspecified atom stereocenters. The number of fused-ring (bicyclic) bond motifs is 2. The van der Waals surface area contributed by atoms with Crippen LogP contribution in [-0.2, 0) is 4.79 Å². The molecule has 2 aromatic rings. The predicted molar refractivity (Wildman–Crippen MR) is 77.3 cm³/mol. The molecule has 1 aliphatic carbocycles. The first-order valence-corrected chi connectivity index (χ1v) is 7.12. The van der Waals surface area contributed by atoms with Crippen molar-refractivity contribution in [1.82, 2.24) is 10.3 Å². The van der Waals surface area contributed by atoms with Crippen LogP contribution in [-0.4, -0.2) is 30.6 Å². The van der Waals surface area contributed by atoms with Crippen LogP contribution in [0.25, 0.3) is 10.9 Å². The van der Waals surface area contributed by atoms with Crippen LogP contribution in [0.5, 0.6) is 11.5 Å². The number of benzene rings is 1. The summed E-state index contributed by atoms with van der Waals surface area (Å²) in [7, 11) is 1.64. The molecule has 3 atom stereocenters. The summed E-state index contributed by atoms with van der Waals surface area (Å²) in [5.74, 6) is 2.41. The monoisotopic (exact) mass is 284 g/mol. The third kappa shape index (κ3) is 2.09. The van der Waals surface area contributed by atoms with Crippen molar-refractivity contribution in [3.8, 4) is 11.5 Å². The topological polar surface area (TPSA) is 60.5 Å². The van der Waals surface area contributed by atoms with E-state index in [1.54, 1.807) is 13.3 Å². The van der Waals surface area contributed by atoms with E-state index < -0.39 is 0 Å². The maximum atomic E-state index is 11.5. The lowest BCUT2D eigenvalue weighted by molar-refractivity contribution is -0.121. The van der Waals surface area contributed by atoms with Crippen LogP contribution in [0.2, 0.25) is 0 Å². The molecular weight excluding hydrogens is 268 g/mol. The van der Waals surface area contributed by atoms with Gasteiger partial charge in [0.15, 0.2) is 0 Å². The normalized spacial score (nSPS) is 26.3. The standard InChI is InChI=1S/C16H16N2O3/c1-20-9-2-3-13-12(6-9)15(4-5-17-13)21-8-14-10-7-11(10)16(19)18-14/h2-6,10-11,14H,7-8H2,1H3,(H,18,19)/t10-,11+,14+/m0/s1. The van der Waals surface area contributed by atoms with Crippen LogP contribution in [0.4, 0.5) is 0 Å². The van der Waals surface area contributed by atoms with E-state index in [0.717, 1.165) is 28.8 Å². The Morgan fingerprint density at radius 2 is 2.29 bits per heavy atom. The minimum Gasteiger partial charge on any atom is -0.497 e. The average molecular weight is 284 g/mol. The molecule has 0 bridgehead atoms. The van der Waals surface area contributed by atoms with Gasteiger partial charge in [-0.05, 0) is 36.6 Å². The van der Waals surface area contributed by atoms with Crippen molar-refractivity contribution in [2.75, 3.05) is 13.7 Å². The van der Waals surface area contributed by atoms with Crippen LogP contribution >= 0.6 is 0 Å². The molecule has 1 amide bonds. The molecule has 2 fully saturated rings. The zero-order valence-corrected chi connectivity index (χ0v) is 11.7. The number of nitrogens with zero attached hydrogens (tertiary/aromatic N) is 1. The Bertz CT molecular complexity index is 716. The highest BCUT2D eigenvalue weighted by Crippen LogP contribution is 2.46. The maximum absolute atomic E-state index is 11.5. The van der Waals surface area contributed by atoms with Gasteiger partial charge in [-0.15, -0.1) is 0 Å². The number of carbonyl (C=O) groups is 1. The number of rotatable bonds is 4. The largest absolute Gasteiger partial charge is 0.497 e. The molecule has 1 saturated carbocycles. The molecular formula is C16H16N2O3. The van der Waals surface area contributed by atoms with Crippen molar-refractivity contribution in [2.45, 2.75) is 12.5 Å². The molecule has 108 valence electrons. The van der Waals surface area contributed by atoms with E-state index in [2.05, 4.69) is 10.3 Å². The van der Waals surface area contributed by atoms with Gasteiger partial charge in [0.2, 0.25) is 5.91 Å². The molecule has 1 aromatic heterocycles. The predicted octanol–water partition coefficient (Wildman–Crippen LogP) is 1.76. The maximum Gasteiger partial charge on any atom is 0.223 e. The molecule has 0 radical (unpaired) electrons. The van der Waals surface area contributed by atoms with Gasteiger partial charge >= 0.3 is 0 Å². The van der Waals surface area contributed by atoms with Crippen molar-refractivity contribution in [2.24, 2.45) is 11.8 Å². The smallest absolute Gasteiger partial charge is 0.223 e. The van der Waals surface area contributed by atoms with E-state index in [0.29, 0.717) is 12.5 Å². The van der Waals surface area contributed by atoms with Gasteiger partial charge in [-0.2, -0.15) is 0 Å². The highest BCUT2D eigenvalue weighted by atomic mass is 16.5. The fraction of sp³-hybridized carbons (Fsp3) is 0.375. The second kappa shape index (κ2) is 4.62. The first-order valence-electron chi connectivity index (χ1n) is 7.12. The van der Waals surface area contributed by atoms with Crippen molar-refractivity contribution >= 4 is 16.8 Å². The second-order valence-corrected chi connectivity index (χ2v) is 5.62. The number of carbonyl (C=O) groups excluding carboxylic acids is 1. The highest BCUT2D eigenvalue weighted by molar-refractivity contribution is 5.86. The van der Waals surface area contributed by atoms with Gasteiger partial charge in [-0.25, -0.2) is 0 Å². The van der Waals surface area contributed by atoms with E-state index in [9.17, 15) is 4.79 Å². The summed E-state index contributed by atoms with van der Waals surface area (Å²) < 4.78 is 11.2. The Labute approximate surface area is 122 Å². The van der Waals surface area contributed by atoms with Crippen LogP contribution in [0, 0.1) is 11.8 Å². The molecule has 0 spiro atoms. The van der Waals surface area contributed by atoms with E-state index in [1.165, 1.54) is 0 Å². The van der Waals surface area contributed by atoms with Gasteiger partial charge in [-0.3, -0.25) is 9.78 Å². The Morgan fingerprint density at radius 1 is 1.38 bits per heavy atom. The number of piperidine rings is 1. The lowest BCUT2D eigenvalue weighted by atomic mass is 10.2. The van der Waals surface area contributed by atoms with E-state index >= 15 is 0 Å². The van der Waals surface area contributed by atoms with Crippen LogP contribution in [0.3, 0.4) is 0 Å². The Balaban J connectivity index is 1.57. The average Bonchev–Trinajstić information content (AvgIpc) is 3.25. The molecule has 1 saturated heterocycles. The van der Waals surface area contributed by atoms with Crippen LogP contribution in [0.1, 0.15) is 6.42 Å². The summed E-state index contributed by atoms with van der Waals surface area (Å²) in [6.07, 6.45) is 2.74. The number of pyridine rings is 1. The lowest BCUT2D eigenvalue weighted by Gasteiger charge is -2.15. The minimum absolute atomic E-state index is 0.135. The molecule has 2 aliphatic rings. The number of hydrogen-bond acceptors (Lipinski definition) is 4. The molecule has 1 N–H and O–H groups in total. The quantitative estimate of drug-likeness (QED) is 0.929. The van der Waals surface area contributed by atoms with Crippen molar-refractivity contribution < 1.29 is 14.3 Å². The van der Waals surface area contributed by atoms with Crippen LogP contribution < -0.4 is 14.8 Å². The van der Waals surface area contributed by atoms with Gasteiger partial charge in [0.05, 0.1) is 18.7 Å². The summed E-state index contributed by atoms with van der Waals surface area (Å²) in [6.45, 7) is 0.503. The van der Waals surface area contributed by atoms with Gasteiger partial charge in [-0.1, -0.05) is 0 Å². The first kappa shape index (κ1) is 12.4. The van der Waals surface area contributed by atoms with Crippen molar-refractivity contribution in [3.63, 3.8) is 0 Å². The fourth-order valence-corrected chi connectivity index (χ4v) is 3.06. The number of amides is 1. The highest BCUT2D eigenvalue weighted by Gasteiger charge is 2.54. The second-order valence-electron chi connectivity index (χ2n) is 5.62. The Morgan fingerprint density at radius 3 is 3.00 bits per heavy atom. The summed E-state index contributed by atoms with van der Waals surface area (Å²) >= 11 is 0. The first-order chi connectivity index (χ1) is 10.3. The molecule has 21 heavy (non-hydrogen) atoms. The number of hydrogen-bond donors (Lipinski definition) is 1. The van der Waals surface area contributed by atoms with Gasteiger partial charge in [0, 0.05) is 17.5 Å². The number of methoxy groups -OCH3 is 1. The summed E-state index contributed by atoms with van der Waals surface area (Å²) in [5, 5.41) is 3.91. The van der Waals surface area contributed by atoms with E-state index in [1.807, 2.05) is 24.3 Å². The lowest BCUT2D eigenvalue weighted by Crippen LogP contribution is -2.35. The molecule has 1 aliphatic heterocycles. The van der Waals surface area contributed by atoms with Crippen molar-refractivity contribution in [1.29, 1.82) is 0 Å². The van der Waals surface area contributed by atoms with E-state index in [-0.39, 0.29) is 17.9 Å². The van der Waals surface area contributed by atoms with Crippen molar-refractivity contribution in [3.05, 3.63) is 30.5 Å². The SMILES string of the molecule is COc1ccc2nccc(OC[C@H]3NC(=O)[C@@H]4C[C@H]34)c2c1.